The van der Waals surface area contributed by atoms with Crippen molar-refractivity contribution < 1.29 is 9.53 Å². The second kappa shape index (κ2) is 8.72. The van der Waals surface area contributed by atoms with E-state index in [2.05, 4.69) is 29.2 Å². The number of nitrogens with zero attached hydrogens (tertiary/aromatic N) is 2. The molecule has 1 heterocycles. The van der Waals surface area contributed by atoms with E-state index in [0.717, 1.165) is 44.2 Å². The minimum absolute atomic E-state index is 0.0885. The molecule has 0 radical (unpaired) electrons. The van der Waals surface area contributed by atoms with Crippen LogP contribution in [0.3, 0.4) is 0 Å². The average molecular weight is 372 g/mol. The first-order valence-electron chi connectivity index (χ1n) is 9.66. The molecule has 0 N–H and O–H groups in total. The Morgan fingerprint density at radius 3 is 1.93 bits per heavy atom. The Balaban J connectivity index is 1.31. The van der Waals surface area contributed by atoms with Gasteiger partial charge in [0.05, 0.1) is 0 Å². The number of benzene rings is 3. The molecule has 0 saturated carbocycles. The second-order valence-electron chi connectivity index (χ2n) is 6.99. The molecule has 0 aliphatic carbocycles. The van der Waals surface area contributed by atoms with Crippen LogP contribution in [-0.4, -0.2) is 41.9 Å². The van der Waals surface area contributed by atoms with E-state index < -0.39 is 0 Å². The number of carbonyl (C=O) groups excluding carboxylic acids is 1. The number of piperazine rings is 1. The van der Waals surface area contributed by atoms with Crippen LogP contribution in [0.15, 0.2) is 84.9 Å². The van der Waals surface area contributed by atoms with Crippen molar-refractivity contribution in [3.63, 3.8) is 0 Å². The summed E-state index contributed by atoms with van der Waals surface area (Å²) in [5.41, 5.74) is 2.02. The first kappa shape index (κ1) is 18.3. The van der Waals surface area contributed by atoms with Gasteiger partial charge < -0.3 is 9.64 Å². The molecule has 142 valence electrons. The van der Waals surface area contributed by atoms with Gasteiger partial charge >= 0.3 is 0 Å². The van der Waals surface area contributed by atoms with E-state index in [-0.39, 0.29) is 5.91 Å². The predicted molar refractivity (Wildman–Crippen MR) is 111 cm³/mol. The van der Waals surface area contributed by atoms with E-state index >= 15 is 0 Å². The summed E-state index contributed by atoms with van der Waals surface area (Å²) in [6.45, 7) is 4.25. The molecule has 4 nitrogen and oxygen atoms in total. The number of rotatable bonds is 5. The lowest BCUT2D eigenvalue weighted by atomic mass is 10.1. The highest BCUT2D eigenvalue weighted by atomic mass is 16.5. The van der Waals surface area contributed by atoms with Gasteiger partial charge in [-0.05, 0) is 42.0 Å². The van der Waals surface area contributed by atoms with Crippen molar-refractivity contribution in [2.75, 3.05) is 26.2 Å². The normalized spacial score (nSPS) is 14.6. The van der Waals surface area contributed by atoms with Gasteiger partial charge in [-0.3, -0.25) is 9.69 Å². The van der Waals surface area contributed by atoms with Crippen LogP contribution in [-0.2, 0) is 6.54 Å². The Bertz CT molecular complexity index is 887. The topological polar surface area (TPSA) is 32.8 Å². The van der Waals surface area contributed by atoms with Gasteiger partial charge in [0.15, 0.2) is 0 Å². The predicted octanol–water partition coefficient (Wildman–Crippen LogP) is 4.44. The molecule has 0 atom stereocenters. The van der Waals surface area contributed by atoms with Crippen molar-refractivity contribution in [1.29, 1.82) is 0 Å². The van der Waals surface area contributed by atoms with Crippen LogP contribution in [0.1, 0.15) is 15.9 Å². The highest BCUT2D eigenvalue weighted by Gasteiger charge is 2.22. The molecule has 1 aliphatic rings. The lowest BCUT2D eigenvalue weighted by molar-refractivity contribution is 0.0628. The summed E-state index contributed by atoms with van der Waals surface area (Å²) in [5.74, 6) is 1.61. The molecular formula is C24H24N2O2. The Hall–Kier alpha value is -3.11. The standard InChI is InChI=1S/C24H24N2O2/c27-24(21-11-13-23(14-12-21)28-22-9-5-2-6-10-22)26-17-15-25(16-18-26)19-20-7-3-1-4-8-20/h1-14H,15-19H2. The van der Waals surface area contributed by atoms with Crippen molar-refractivity contribution in [2.45, 2.75) is 6.54 Å². The average Bonchev–Trinajstić information content (AvgIpc) is 2.76. The van der Waals surface area contributed by atoms with Crippen LogP contribution >= 0.6 is 0 Å². The maximum absolute atomic E-state index is 12.8. The molecule has 0 bridgehead atoms. The third kappa shape index (κ3) is 4.59. The van der Waals surface area contributed by atoms with Crippen LogP contribution in [0.5, 0.6) is 11.5 Å². The summed E-state index contributed by atoms with van der Waals surface area (Å²) < 4.78 is 5.80. The molecular weight excluding hydrogens is 348 g/mol. The fourth-order valence-corrected chi connectivity index (χ4v) is 3.42. The third-order valence-electron chi connectivity index (χ3n) is 4.99. The minimum Gasteiger partial charge on any atom is -0.457 e. The van der Waals surface area contributed by atoms with Gasteiger partial charge in [0, 0.05) is 38.3 Å². The van der Waals surface area contributed by atoms with Gasteiger partial charge in [-0.15, -0.1) is 0 Å². The number of hydrogen-bond acceptors (Lipinski definition) is 3. The van der Waals surface area contributed by atoms with Gasteiger partial charge in [0.25, 0.3) is 5.91 Å². The molecule has 1 amide bonds. The summed E-state index contributed by atoms with van der Waals surface area (Å²) >= 11 is 0. The van der Waals surface area contributed by atoms with Gasteiger partial charge in [0.2, 0.25) is 0 Å². The van der Waals surface area contributed by atoms with E-state index in [0.29, 0.717) is 5.56 Å². The number of carbonyl (C=O) groups is 1. The summed E-state index contributed by atoms with van der Waals surface area (Å²) in [6, 6.07) is 27.5. The molecule has 28 heavy (non-hydrogen) atoms. The van der Waals surface area contributed by atoms with Crippen molar-refractivity contribution in [3.8, 4) is 11.5 Å². The maximum atomic E-state index is 12.8. The van der Waals surface area contributed by atoms with E-state index in [1.807, 2.05) is 65.6 Å². The molecule has 1 aliphatic heterocycles. The minimum atomic E-state index is 0.0885. The van der Waals surface area contributed by atoms with Crippen LogP contribution < -0.4 is 4.74 Å². The molecule has 3 aromatic carbocycles. The fourth-order valence-electron chi connectivity index (χ4n) is 3.42. The molecule has 1 saturated heterocycles. The van der Waals surface area contributed by atoms with Crippen molar-refractivity contribution in [3.05, 3.63) is 96.1 Å². The van der Waals surface area contributed by atoms with Crippen LogP contribution in [0.25, 0.3) is 0 Å². The molecule has 4 rings (SSSR count). The number of amides is 1. The largest absolute Gasteiger partial charge is 0.457 e. The smallest absolute Gasteiger partial charge is 0.253 e. The molecule has 0 unspecified atom stereocenters. The summed E-state index contributed by atoms with van der Waals surface area (Å²) in [5, 5.41) is 0. The third-order valence-corrected chi connectivity index (χ3v) is 4.99. The molecule has 3 aromatic rings. The fraction of sp³-hybridized carbons (Fsp3) is 0.208. The van der Waals surface area contributed by atoms with Crippen LogP contribution in [0, 0.1) is 0 Å². The first-order chi connectivity index (χ1) is 13.8. The van der Waals surface area contributed by atoms with E-state index in [4.69, 9.17) is 4.74 Å². The van der Waals surface area contributed by atoms with E-state index in [1.54, 1.807) is 0 Å². The Morgan fingerprint density at radius 2 is 1.29 bits per heavy atom. The molecule has 1 fully saturated rings. The van der Waals surface area contributed by atoms with E-state index in [9.17, 15) is 4.79 Å². The first-order valence-corrected chi connectivity index (χ1v) is 9.66. The van der Waals surface area contributed by atoms with Gasteiger partial charge in [-0.1, -0.05) is 48.5 Å². The second-order valence-corrected chi connectivity index (χ2v) is 6.99. The zero-order chi connectivity index (χ0) is 19.2. The highest BCUT2D eigenvalue weighted by Crippen LogP contribution is 2.22. The van der Waals surface area contributed by atoms with Crippen molar-refractivity contribution in [1.82, 2.24) is 9.80 Å². The van der Waals surface area contributed by atoms with Gasteiger partial charge in [0.1, 0.15) is 11.5 Å². The van der Waals surface area contributed by atoms with Crippen LogP contribution in [0.2, 0.25) is 0 Å². The molecule has 4 heteroatoms. The highest BCUT2D eigenvalue weighted by molar-refractivity contribution is 5.94. The summed E-state index contributed by atoms with van der Waals surface area (Å²) in [6.07, 6.45) is 0. The lowest BCUT2D eigenvalue weighted by Crippen LogP contribution is -2.48. The zero-order valence-corrected chi connectivity index (χ0v) is 15.8. The Labute approximate surface area is 166 Å². The van der Waals surface area contributed by atoms with Gasteiger partial charge in [-0.2, -0.15) is 0 Å². The molecule has 0 aromatic heterocycles. The quantitative estimate of drug-likeness (QED) is 0.664. The number of para-hydroxylation sites is 1. The molecule has 0 spiro atoms. The van der Waals surface area contributed by atoms with Crippen LogP contribution in [0.4, 0.5) is 0 Å². The SMILES string of the molecule is O=C(c1ccc(Oc2ccccc2)cc1)N1CCN(Cc2ccccc2)CC1. The van der Waals surface area contributed by atoms with E-state index in [1.165, 1.54) is 5.56 Å². The number of ether oxygens (including phenoxy) is 1. The van der Waals surface area contributed by atoms with Crippen molar-refractivity contribution >= 4 is 5.91 Å². The zero-order valence-electron chi connectivity index (χ0n) is 15.8. The summed E-state index contributed by atoms with van der Waals surface area (Å²) in [4.78, 5) is 17.1. The lowest BCUT2D eigenvalue weighted by Gasteiger charge is -2.34. The van der Waals surface area contributed by atoms with Gasteiger partial charge in [-0.25, -0.2) is 0 Å². The maximum Gasteiger partial charge on any atom is 0.253 e. The monoisotopic (exact) mass is 372 g/mol. The summed E-state index contributed by atoms with van der Waals surface area (Å²) in [7, 11) is 0. The Kier molecular flexibility index (Phi) is 5.69. The number of hydrogen-bond donors (Lipinski definition) is 0. The van der Waals surface area contributed by atoms with Crippen molar-refractivity contribution in [2.24, 2.45) is 0 Å². The Morgan fingerprint density at radius 1 is 0.714 bits per heavy atom.